The number of nitriles is 1. The van der Waals surface area contributed by atoms with Crippen molar-refractivity contribution in [2.24, 2.45) is 0 Å². The average molecular weight is 309 g/mol. The Hall–Kier alpha value is -2.58. The molecule has 0 aliphatic carbocycles. The fraction of sp³-hybridized carbons (Fsp3) is 0.333. The lowest BCUT2D eigenvalue weighted by molar-refractivity contribution is -0.345. The van der Waals surface area contributed by atoms with Crippen LogP contribution in [0.5, 0.6) is 0 Å². The maximum Gasteiger partial charge on any atom is 0.242 e. The summed E-state index contributed by atoms with van der Waals surface area (Å²) in [5.41, 5.74) is 3.40. The van der Waals surface area contributed by atoms with Crippen molar-refractivity contribution in [3.8, 4) is 6.07 Å². The number of fused-ring (bicyclic) bond motifs is 1. The van der Waals surface area contributed by atoms with Gasteiger partial charge in [0.15, 0.2) is 0 Å². The summed E-state index contributed by atoms with van der Waals surface area (Å²) in [5.74, 6) is 1.59. The van der Waals surface area contributed by atoms with Gasteiger partial charge in [-0.25, -0.2) is 4.98 Å². The lowest BCUT2D eigenvalue weighted by Gasteiger charge is -2.32. The second-order valence-electron chi connectivity index (χ2n) is 6.29. The van der Waals surface area contributed by atoms with E-state index in [9.17, 15) is 5.26 Å². The lowest BCUT2D eigenvalue weighted by atomic mass is 9.89. The summed E-state index contributed by atoms with van der Waals surface area (Å²) in [6.07, 6.45) is 0.706. The zero-order valence-electron chi connectivity index (χ0n) is 13.7. The first-order chi connectivity index (χ1) is 11.0. The second kappa shape index (κ2) is 5.90. The van der Waals surface area contributed by atoms with Crippen LogP contribution in [0.25, 0.3) is 0 Å². The fourth-order valence-corrected chi connectivity index (χ4v) is 2.91. The molecule has 0 bridgehead atoms. The van der Waals surface area contributed by atoms with E-state index in [4.69, 9.17) is 4.74 Å². The number of nitrogens with one attached hydrogen (secondary N) is 3. The Morgan fingerprint density at radius 1 is 1.17 bits per heavy atom. The summed E-state index contributed by atoms with van der Waals surface area (Å²) >= 11 is 0. The number of aromatic amines is 1. The first kappa shape index (κ1) is 15.3. The van der Waals surface area contributed by atoms with E-state index in [1.54, 1.807) is 0 Å². The molecule has 0 radical (unpaired) electrons. The van der Waals surface area contributed by atoms with Gasteiger partial charge in [0.05, 0.1) is 23.5 Å². The Labute approximate surface area is 136 Å². The number of H-pyrrole nitrogens is 1. The maximum absolute atomic E-state index is 9.72. The molecule has 2 aromatic rings. The van der Waals surface area contributed by atoms with Crippen molar-refractivity contribution in [3.05, 3.63) is 47.0 Å². The highest BCUT2D eigenvalue weighted by Gasteiger charge is 2.33. The molecule has 3 rings (SSSR count). The summed E-state index contributed by atoms with van der Waals surface area (Å²) in [7, 11) is 1.87. The van der Waals surface area contributed by atoms with E-state index in [1.807, 2.05) is 37.4 Å². The molecule has 1 aliphatic rings. The molecule has 0 saturated carbocycles. The summed E-state index contributed by atoms with van der Waals surface area (Å²) in [5, 5.41) is 16.2. The molecule has 0 unspecified atom stereocenters. The first-order valence-electron chi connectivity index (χ1n) is 7.69. The summed E-state index contributed by atoms with van der Waals surface area (Å²) in [4.78, 5) is 3.29. The van der Waals surface area contributed by atoms with Gasteiger partial charge in [0, 0.05) is 13.5 Å². The number of nitrogens with zero attached hydrogens (tertiary/aromatic N) is 1. The fourth-order valence-electron chi connectivity index (χ4n) is 2.91. The molecule has 5 nitrogen and oxygen atoms in total. The minimum atomic E-state index is -0.269. The average Bonchev–Trinajstić information content (AvgIpc) is 2.54. The van der Waals surface area contributed by atoms with Gasteiger partial charge in [-0.2, -0.15) is 5.26 Å². The summed E-state index contributed by atoms with van der Waals surface area (Å²) in [6, 6.07) is 12.2. The van der Waals surface area contributed by atoms with Crippen LogP contribution in [0.15, 0.2) is 30.3 Å². The van der Waals surface area contributed by atoms with Gasteiger partial charge in [0.1, 0.15) is 11.6 Å². The first-order valence-corrected chi connectivity index (χ1v) is 7.69. The third-order valence-corrected chi connectivity index (χ3v) is 4.08. The van der Waals surface area contributed by atoms with Crippen molar-refractivity contribution >= 4 is 17.3 Å². The standard InChI is InChI=1S/C18H20N4O/c1-18(2)9-13-14(10-19)17(21-12-7-5-4-6-8-12)22-16(20-3)15(13)11-23-18/h4-8H,9,11H2,1-3H3,(H2,20,21,22)/p+1. The molecule has 118 valence electrons. The predicted molar refractivity (Wildman–Crippen MR) is 89.6 cm³/mol. The van der Waals surface area contributed by atoms with E-state index in [0.717, 1.165) is 22.6 Å². The highest BCUT2D eigenvalue weighted by molar-refractivity contribution is 5.66. The molecule has 5 heteroatoms. The van der Waals surface area contributed by atoms with Gasteiger partial charge in [-0.3, -0.25) is 5.32 Å². The number of ether oxygens (including phenoxy) is 1. The molecule has 1 aliphatic heterocycles. The highest BCUT2D eigenvalue weighted by atomic mass is 16.5. The minimum Gasteiger partial charge on any atom is -0.370 e. The van der Waals surface area contributed by atoms with Crippen molar-refractivity contribution in [1.29, 1.82) is 5.26 Å². The summed E-state index contributed by atoms with van der Waals surface area (Å²) < 4.78 is 5.90. The third kappa shape index (κ3) is 2.99. The van der Waals surface area contributed by atoms with Gasteiger partial charge in [0.25, 0.3) is 0 Å². The number of benzene rings is 1. The van der Waals surface area contributed by atoms with Crippen LogP contribution >= 0.6 is 0 Å². The van der Waals surface area contributed by atoms with Crippen LogP contribution in [-0.4, -0.2) is 12.6 Å². The van der Waals surface area contributed by atoms with Crippen LogP contribution in [0.1, 0.15) is 30.5 Å². The molecular weight excluding hydrogens is 288 g/mol. The van der Waals surface area contributed by atoms with Gasteiger partial charge in [-0.15, -0.1) is 0 Å². The maximum atomic E-state index is 9.72. The van der Waals surface area contributed by atoms with Crippen molar-refractivity contribution in [3.63, 3.8) is 0 Å². The smallest absolute Gasteiger partial charge is 0.242 e. The molecule has 1 aromatic heterocycles. The second-order valence-corrected chi connectivity index (χ2v) is 6.29. The van der Waals surface area contributed by atoms with Crippen molar-refractivity contribution in [1.82, 2.24) is 0 Å². The molecule has 0 saturated heterocycles. The Morgan fingerprint density at radius 3 is 2.57 bits per heavy atom. The monoisotopic (exact) mass is 309 g/mol. The number of para-hydroxylation sites is 1. The number of hydrogen-bond acceptors (Lipinski definition) is 4. The number of aromatic nitrogens is 1. The van der Waals surface area contributed by atoms with Crippen molar-refractivity contribution < 1.29 is 9.72 Å². The molecule has 0 spiro atoms. The highest BCUT2D eigenvalue weighted by Crippen LogP contribution is 2.34. The quantitative estimate of drug-likeness (QED) is 0.914. The molecule has 1 aromatic carbocycles. The van der Waals surface area contributed by atoms with E-state index in [2.05, 4.69) is 35.5 Å². The van der Waals surface area contributed by atoms with Crippen LogP contribution in [0.4, 0.5) is 17.3 Å². The van der Waals surface area contributed by atoms with Gasteiger partial charge in [0.2, 0.25) is 11.6 Å². The molecule has 0 fully saturated rings. The van der Waals surface area contributed by atoms with Crippen LogP contribution in [0.3, 0.4) is 0 Å². The number of anilines is 3. The number of pyridine rings is 1. The van der Waals surface area contributed by atoms with Gasteiger partial charge >= 0.3 is 0 Å². The number of hydrogen-bond donors (Lipinski definition) is 2. The Morgan fingerprint density at radius 2 is 1.91 bits per heavy atom. The molecule has 2 heterocycles. The Balaban J connectivity index is 2.12. The van der Waals surface area contributed by atoms with E-state index in [-0.39, 0.29) is 5.60 Å². The summed E-state index contributed by atoms with van der Waals surface area (Å²) in [6.45, 7) is 4.60. The van der Waals surface area contributed by atoms with E-state index < -0.39 is 0 Å². The molecular formula is C18H21N4O+. The van der Waals surface area contributed by atoms with Crippen molar-refractivity contribution in [2.45, 2.75) is 32.5 Å². The molecule has 23 heavy (non-hydrogen) atoms. The van der Waals surface area contributed by atoms with Gasteiger partial charge in [-0.05, 0) is 31.5 Å². The normalized spacial score (nSPS) is 15.4. The van der Waals surface area contributed by atoms with Gasteiger partial charge in [-0.1, -0.05) is 18.2 Å². The molecule has 0 atom stereocenters. The van der Waals surface area contributed by atoms with Crippen LogP contribution in [0.2, 0.25) is 0 Å². The Kier molecular flexibility index (Phi) is 3.93. The SMILES string of the molecule is CNc1[nH+]c(Nc2ccccc2)c(C#N)c2c1COC(C)(C)C2. The molecule has 3 N–H and O–H groups in total. The van der Waals surface area contributed by atoms with E-state index in [0.29, 0.717) is 24.4 Å². The zero-order chi connectivity index (χ0) is 16.4. The van der Waals surface area contributed by atoms with Crippen molar-refractivity contribution in [2.75, 3.05) is 17.7 Å². The Bertz CT molecular complexity index is 763. The number of rotatable bonds is 3. The van der Waals surface area contributed by atoms with E-state index >= 15 is 0 Å². The minimum absolute atomic E-state index is 0.269. The third-order valence-electron chi connectivity index (χ3n) is 4.08. The molecule has 0 amide bonds. The van der Waals surface area contributed by atoms with Gasteiger partial charge < -0.3 is 10.1 Å². The topological polar surface area (TPSA) is 71.2 Å². The van der Waals surface area contributed by atoms with E-state index in [1.165, 1.54) is 0 Å². The lowest BCUT2D eigenvalue weighted by Crippen LogP contribution is -2.35. The van der Waals surface area contributed by atoms with Crippen LogP contribution < -0.4 is 15.6 Å². The predicted octanol–water partition coefficient (Wildman–Crippen LogP) is 3.01. The van der Waals surface area contributed by atoms with Crippen LogP contribution in [-0.2, 0) is 17.8 Å². The largest absolute Gasteiger partial charge is 0.370 e. The van der Waals surface area contributed by atoms with Crippen LogP contribution in [0, 0.1) is 11.3 Å². The zero-order valence-corrected chi connectivity index (χ0v) is 13.7.